The first-order valence-corrected chi connectivity index (χ1v) is 9.12. The molecule has 0 spiro atoms. The number of aliphatic hydroxyl groups is 1. The Bertz CT molecular complexity index is 813. The number of carboxylic acid groups (broad SMARTS) is 1. The van der Waals surface area contributed by atoms with Gasteiger partial charge in [-0.25, -0.2) is 4.79 Å². The van der Waals surface area contributed by atoms with Crippen molar-refractivity contribution in [3.05, 3.63) is 58.6 Å². The molecular formula is C20H22ClNO5. The Balaban J connectivity index is 1.54. The third-order valence-electron chi connectivity index (χ3n) is 4.38. The average Bonchev–Trinajstić information content (AvgIpc) is 2.65. The van der Waals surface area contributed by atoms with E-state index in [2.05, 4.69) is 5.32 Å². The Morgan fingerprint density at radius 1 is 1.30 bits per heavy atom. The maximum Gasteiger partial charge on any atom is 0.348 e. The van der Waals surface area contributed by atoms with E-state index in [9.17, 15) is 9.90 Å². The first-order chi connectivity index (χ1) is 12.9. The summed E-state index contributed by atoms with van der Waals surface area (Å²) in [5.74, 6) is -0.0497. The third kappa shape index (κ3) is 5.13. The van der Waals surface area contributed by atoms with Crippen LogP contribution in [0.15, 0.2) is 42.5 Å². The molecular weight excluding hydrogens is 370 g/mol. The smallest absolute Gasteiger partial charge is 0.348 e. The summed E-state index contributed by atoms with van der Waals surface area (Å²) in [6.45, 7) is 2.43. The van der Waals surface area contributed by atoms with Crippen LogP contribution in [0.25, 0.3) is 0 Å². The SMILES string of the molecule is C[C@H](Cc1ccc2c(c1)OCC(C(=O)O)O2)NC[C@@H](O)c1cccc(Cl)c1. The van der Waals surface area contributed by atoms with Crippen molar-refractivity contribution in [3.63, 3.8) is 0 Å². The fourth-order valence-corrected chi connectivity index (χ4v) is 3.13. The molecule has 0 saturated carbocycles. The highest BCUT2D eigenvalue weighted by molar-refractivity contribution is 6.30. The molecule has 0 saturated heterocycles. The van der Waals surface area contributed by atoms with Gasteiger partial charge in [0, 0.05) is 17.6 Å². The number of carbonyl (C=O) groups is 1. The van der Waals surface area contributed by atoms with Crippen LogP contribution in [0, 0.1) is 0 Å². The second-order valence-corrected chi connectivity index (χ2v) is 7.06. The molecule has 1 aliphatic rings. The zero-order valence-corrected chi connectivity index (χ0v) is 15.6. The van der Waals surface area contributed by atoms with Gasteiger partial charge in [0.05, 0.1) is 6.10 Å². The van der Waals surface area contributed by atoms with Crippen molar-refractivity contribution in [1.82, 2.24) is 5.32 Å². The van der Waals surface area contributed by atoms with Gasteiger partial charge in [-0.2, -0.15) is 0 Å². The molecule has 3 atom stereocenters. The van der Waals surface area contributed by atoms with Crippen molar-refractivity contribution in [2.75, 3.05) is 13.2 Å². The molecule has 2 aromatic rings. The van der Waals surface area contributed by atoms with Gasteiger partial charge in [-0.3, -0.25) is 0 Å². The second-order valence-electron chi connectivity index (χ2n) is 6.62. The lowest BCUT2D eigenvalue weighted by Gasteiger charge is -2.24. The van der Waals surface area contributed by atoms with E-state index < -0.39 is 18.2 Å². The highest BCUT2D eigenvalue weighted by Crippen LogP contribution is 2.33. The van der Waals surface area contributed by atoms with Gasteiger partial charge in [0.15, 0.2) is 11.5 Å². The number of hydrogen-bond acceptors (Lipinski definition) is 5. The van der Waals surface area contributed by atoms with Crippen LogP contribution in [0.3, 0.4) is 0 Å². The molecule has 3 N–H and O–H groups in total. The van der Waals surface area contributed by atoms with Gasteiger partial charge < -0.3 is 25.0 Å². The molecule has 0 aromatic heterocycles. The predicted octanol–water partition coefficient (Wildman–Crippen LogP) is 2.82. The highest BCUT2D eigenvalue weighted by atomic mass is 35.5. The van der Waals surface area contributed by atoms with Crippen molar-refractivity contribution in [1.29, 1.82) is 0 Å². The maximum atomic E-state index is 11.0. The summed E-state index contributed by atoms with van der Waals surface area (Å²) in [5, 5.41) is 23.2. The number of hydrogen-bond donors (Lipinski definition) is 3. The summed E-state index contributed by atoms with van der Waals surface area (Å²) in [6.07, 6.45) is -0.891. The molecule has 2 aromatic carbocycles. The minimum atomic E-state index is -1.04. The molecule has 0 amide bonds. The molecule has 1 unspecified atom stereocenters. The van der Waals surface area contributed by atoms with Gasteiger partial charge >= 0.3 is 5.97 Å². The number of carboxylic acids is 1. The van der Waals surface area contributed by atoms with Crippen molar-refractivity contribution in [3.8, 4) is 11.5 Å². The van der Waals surface area contributed by atoms with Crippen LogP contribution in [-0.4, -0.2) is 41.5 Å². The van der Waals surface area contributed by atoms with Crippen LogP contribution < -0.4 is 14.8 Å². The van der Waals surface area contributed by atoms with E-state index in [1.807, 2.05) is 31.2 Å². The normalized spacial score (nSPS) is 18.0. The molecule has 1 heterocycles. The van der Waals surface area contributed by atoms with E-state index >= 15 is 0 Å². The number of ether oxygens (including phenoxy) is 2. The largest absolute Gasteiger partial charge is 0.485 e. The summed E-state index contributed by atoms with van der Waals surface area (Å²) in [4.78, 5) is 11.0. The number of aliphatic carboxylic acids is 1. The van der Waals surface area contributed by atoms with Gasteiger partial charge in [0.1, 0.15) is 6.61 Å². The lowest BCUT2D eigenvalue weighted by Crippen LogP contribution is -2.36. The van der Waals surface area contributed by atoms with Crippen LogP contribution in [0.1, 0.15) is 24.2 Å². The van der Waals surface area contributed by atoms with E-state index in [1.165, 1.54) is 0 Å². The Morgan fingerprint density at radius 3 is 2.85 bits per heavy atom. The maximum absolute atomic E-state index is 11.0. The summed E-state index contributed by atoms with van der Waals surface area (Å²) in [7, 11) is 0. The summed E-state index contributed by atoms with van der Waals surface area (Å²) in [5.41, 5.74) is 1.80. The number of aliphatic hydroxyl groups excluding tert-OH is 1. The van der Waals surface area contributed by atoms with Gasteiger partial charge in [-0.15, -0.1) is 0 Å². The van der Waals surface area contributed by atoms with Gasteiger partial charge in [-0.1, -0.05) is 29.8 Å². The van der Waals surface area contributed by atoms with E-state index in [1.54, 1.807) is 18.2 Å². The van der Waals surface area contributed by atoms with Crippen molar-refractivity contribution < 1.29 is 24.5 Å². The molecule has 144 valence electrons. The monoisotopic (exact) mass is 391 g/mol. The number of benzene rings is 2. The van der Waals surface area contributed by atoms with Gasteiger partial charge in [0.25, 0.3) is 0 Å². The van der Waals surface area contributed by atoms with Crippen LogP contribution in [0.5, 0.6) is 11.5 Å². The Kier molecular flexibility index (Phi) is 6.21. The number of fused-ring (bicyclic) bond motifs is 1. The highest BCUT2D eigenvalue weighted by Gasteiger charge is 2.27. The van der Waals surface area contributed by atoms with E-state index in [4.69, 9.17) is 26.2 Å². The quantitative estimate of drug-likeness (QED) is 0.672. The van der Waals surface area contributed by atoms with Crippen LogP contribution >= 0.6 is 11.6 Å². The first-order valence-electron chi connectivity index (χ1n) is 8.74. The van der Waals surface area contributed by atoms with E-state index in [0.717, 1.165) is 17.5 Å². The molecule has 27 heavy (non-hydrogen) atoms. The Labute approximate surface area is 162 Å². The minimum Gasteiger partial charge on any atom is -0.485 e. The number of rotatable bonds is 7. The Morgan fingerprint density at radius 2 is 2.11 bits per heavy atom. The van der Waals surface area contributed by atoms with Crippen LogP contribution in [0.2, 0.25) is 5.02 Å². The molecule has 1 aliphatic heterocycles. The van der Waals surface area contributed by atoms with E-state index in [-0.39, 0.29) is 12.6 Å². The standard InChI is InChI=1S/C20H22ClNO5/c1-12(22-10-16(23)14-3-2-4-15(21)9-14)7-13-5-6-17-18(8-13)26-11-19(27-17)20(24)25/h2-6,8-9,12,16,19,22-23H,7,10-11H2,1H3,(H,24,25)/t12-,16-,19?/m1/s1. The van der Waals surface area contributed by atoms with Crippen LogP contribution in [-0.2, 0) is 11.2 Å². The minimum absolute atomic E-state index is 0.00851. The molecule has 0 fully saturated rings. The molecule has 7 heteroatoms. The molecule has 0 aliphatic carbocycles. The third-order valence-corrected chi connectivity index (χ3v) is 4.61. The number of nitrogens with one attached hydrogen (secondary N) is 1. The first kappa shape index (κ1) is 19.5. The van der Waals surface area contributed by atoms with Gasteiger partial charge in [-0.05, 0) is 48.7 Å². The lowest BCUT2D eigenvalue weighted by atomic mass is 10.0. The number of halogens is 1. The second kappa shape index (κ2) is 8.61. The van der Waals surface area contributed by atoms with Crippen molar-refractivity contribution >= 4 is 17.6 Å². The molecule has 0 radical (unpaired) electrons. The molecule has 0 bridgehead atoms. The summed E-state index contributed by atoms with van der Waals surface area (Å²) in [6, 6.07) is 12.8. The fraction of sp³-hybridized carbons (Fsp3) is 0.350. The Hall–Kier alpha value is -2.28. The lowest BCUT2D eigenvalue weighted by molar-refractivity contribution is -0.147. The zero-order valence-electron chi connectivity index (χ0n) is 14.9. The molecule has 3 rings (SSSR count). The summed E-state index contributed by atoms with van der Waals surface area (Å²) >= 11 is 5.96. The zero-order chi connectivity index (χ0) is 19.4. The predicted molar refractivity (Wildman–Crippen MR) is 102 cm³/mol. The molecule has 6 nitrogen and oxygen atoms in total. The van der Waals surface area contributed by atoms with Crippen molar-refractivity contribution in [2.24, 2.45) is 0 Å². The van der Waals surface area contributed by atoms with Gasteiger partial charge in [0.2, 0.25) is 6.10 Å². The van der Waals surface area contributed by atoms with E-state index in [0.29, 0.717) is 23.1 Å². The fourth-order valence-electron chi connectivity index (χ4n) is 2.93. The topological polar surface area (TPSA) is 88.0 Å². The average molecular weight is 392 g/mol. The van der Waals surface area contributed by atoms with Crippen molar-refractivity contribution in [2.45, 2.75) is 31.6 Å². The summed E-state index contributed by atoms with van der Waals surface area (Å²) < 4.78 is 10.9. The van der Waals surface area contributed by atoms with Crippen LogP contribution in [0.4, 0.5) is 0 Å².